The molecule has 2 unspecified atom stereocenters. The largest absolute Gasteiger partial charge is 0.329 e. The van der Waals surface area contributed by atoms with Gasteiger partial charge in [-0.25, -0.2) is 26.3 Å². The minimum Gasteiger partial charge on any atom is -0.329 e. The lowest BCUT2D eigenvalue weighted by Crippen LogP contribution is -2.59. The molecule has 26 heavy (non-hydrogen) atoms. The molecule has 1 aliphatic rings. The third kappa shape index (κ3) is 5.90. The van der Waals surface area contributed by atoms with Crippen molar-refractivity contribution < 1.29 is 16.8 Å². The molecule has 7 nitrogen and oxygen atoms in total. The molecule has 2 atom stereocenters. The van der Waals surface area contributed by atoms with Gasteiger partial charge < -0.3 is 5.73 Å². The highest BCUT2D eigenvalue weighted by molar-refractivity contribution is 7.90. The fourth-order valence-corrected chi connectivity index (χ4v) is 5.93. The Labute approximate surface area is 162 Å². The van der Waals surface area contributed by atoms with Crippen LogP contribution in [0.15, 0.2) is 35.2 Å². The molecular weight excluding hydrogens is 398 g/mol. The first-order valence-electron chi connectivity index (χ1n) is 8.47. The van der Waals surface area contributed by atoms with Gasteiger partial charge in [0.2, 0.25) is 20.0 Å². The molecule has 1 aromatic carbocycles. The highest BCUT2D eigenvalue weighted by atomic mass is 35.5. The van der Waals surface area contributed by atoms with Crippen LogP contribution in [0.1, 0.15) is 32.6 Å². The second-order valence-corrected chi connectivity index (χ2v) is 10.2. The first-order valence-corrected chi connectivity index (χ1v) is 11.6. The van der Waals surface area contributed by atoms with Crippen LogP contribution in [-0.4, -0.2) is 41.2 Å². The average molecular weight is 426 g/mol. The number of rotatable bonds is 8. The Kier molecular flexibility index (Phi) is 8.50. The molecule has 150 valence electrons. The lowest BCUT2D eigenvalue weighted by Gasteiger charge is -2.42. The van der Waals surface area contributed by atoms with Crippen molar-refractivity contribution in [3.8, 4) is 0 Å². The van der Waals surface area contributed by atoms with Gasteiger partial charge >= 0.3 is 0 Å². The number of nitrogens with one attached hydrogen (secondary N) is 2. The van der Waals surface area contributed by atoms with Gasteiger partial charge in [0.25, 0.3) is 0 Å². The number of nitrogens with two attached hydrogens (primary N) is 1. The van der Waals surface area contributed by atoms with E-state index < -0.39 is 25.6 Å². The smallest absolute Gasteiger partial charge is 0.240 e. The second kappa shape index (κ2) is 9.48. The van der Waals surface area contributed by atoms with Gasteiger partial charge in [0, 0.05) is 18.6 Å². The predicted molar refractivity (Wildman–Crippen MR) is 105 cm³/mol. The lowest BCUT2D eigenvalue weighted by atomic mass is 9.74. The summed E-state index contributed by atoms with van der Waals surface area (Å²) in [6, 6.07) is 7.86. The van der Waals surface area contributed by atoms with E-state index in [2.05, 4.69) is 9.44 Å². The van der Waals surface area contributed by atoms with E-state index in [9.17, 15) is 16.8 Å². The van der Waals surface area contributed by atoms with Gasteiger partial charge in [0.1, 0.15) is 0 Å². The van der Waals surface area contributed by atoms with Crippen molar-refractivity contribution in [1.82, 2.24) is 9.44 Å². The maximum Gasteiger partial charge on any atom is 0.240 e. The Balaban J connectivity index is 0.00000338. The Morgan fingerprint density at radius 1 is 1.15 bits per heavy atom. The molecule has 1 saturated carbocycles. The van der Waals surface area contributed by atoms with Crippen molar-refractivity contribution in [2.24, 2.45) is 11.7 Å². The third-order valence-electron chi connectivity index (χ3n) is 4.89. The van der Waals surface area contributed by atoms with E-state index in [0.717, 1.165) is 19.3 Å². The fourth-order valence-electron chi connectivity index (χ4n) is 3.26. The summed E-state index contributed by atoms with van der Waals surface area (Å²) in [5.74, 6) is -0.171. The van der Waals surface area contributed by atoms with Crippen molar-refractivity contribution in [2.75, 3.05) is 18.8 Å². The second-order valence-electron chi connectivity index (χ2n) is 6.64. The zero-order valence-electron chi connectivity index (χ0n) is 14.8. The standard InChI is InChI=1S/C16H27N3O4S2.ClH/c1-14-7-5-6-10-16(14,13-17)19-24(20,21)12-11-18-25(22,23)15-8-3-2-4-9-15;/h2-4,8-9,14,18-19H,5-7,10-13,17H2,1H3;1H. The third-order valence-corrected chi connectivity index (χ3v) is 7.83. The van der Waals surface area contributed by atoms with Crippen LogP contribution in [0, 0.1) is 5.92 Å². The molecule has 0 saturated heterocycles. The van der Waals surface area contributed by atoms with Crippen LogP contribution in [0.3, 0.4) is 0 Å². The highest BCUT2D eigenvalue weighted by Gasteiger charge is 2.40. The van der Waals surface area contributed by atoms with Gasteiger partial charge in [0.05, 0.1) is 10.6 Å². The maximum absolute atomic E-state index is 12.4. The van der Waals surface area contributed by atoms with Crippen molar-refractivity contribution in [1.29, 1.82) is 0 Å². The first kappa shape index (κ1) is 23.3. The molecule has 0 aromatic heterocycles. The molecule has 4 N–H and O–H groups in total. The van der Waals surface area contributed by atoms with E-state index >= 15 is 0 Å². The van der Waals surface area contributed by atoms with Gasteiger partial charge in [-0.05, 0) is 30.9 Å². The van der Waals surface area contributed by atoms with Crippen LogP contribution in [0.2, 0.25) is 0 Å². The van der Waals surface area contributed by atoms with Crippen molar-refractivity contribution in [3.05, 3.63) is 30.3 Å². The van der Waals surface area contributed by atoms with Gasteiger partial charge in [0.15, 0.2) is 0 Å². The summed E-state index contributed by atoms with van der Waals surface area (Å²) < 4.78 is 54.2. The minimum atomic E-state index is -3.71. The van der Waals surface area contributed by atoms with Gasteiger partial charge in [-0.2, -0.15) is 0 Å². The van der Waals surface area contributed by atoms with Crippen LogP contribution in [0.4, 0.5) is 0 Å². The molecule has 2 rings (SSSR count). The summed E-state index contributed by atoms with van der Waals surface area (Å²) in [5, 5.41) is 0. The number of sulfonamides is 2. The topological polar surface area (TPSA) is 118 Å². The zero-order valence-corrected chi connectivity index (χ0v) is 17.3. The summed E-state index contributed by atoms with van der Waals surface area (Å²) in [7, 11) is -7.36. The summed E-state index contributed by atoms with van der Waals surface area (Å²) in [5.41, 5.74) is 5.24. The summed E-state index contributed by atoms with van der Waals surface area (Å²) >= 11 is 0. The van der Waals surface area contributed by atoms with E-state index in [-0.39, 0.29) is 42.1 Å². The molecule has 0 radical (unpaired) electrons. The van der Waals surface area contributed by atoms with Crippen molar-refractivity contribution in [3.63, 3.8) is 0 Å². The SMILES string of the molecule is CC1CCCCC1(CN)NS(=O)(=O)CCNS(=O)(=O)c1ccccc1.Cl. The minimum absolute atomic E-state index is 0. The fraction of sp³-hybridized carbons (Fsp3) is 0.625. The maximum atomic E-state index is 12.4. The van der Waals surface area contributed by atoms with Crippen molar-refractivity contribution in [2.45, 2.75) is 43.0 Å². The average Bonchev–Trinajstić information content (AvgIpc) is 2.57. The molecule has 1 aromatic rings. The van der Waals surface area contributed by atoms with E-state index in [1.807, 2.05) is 6.92 Å². The molecule has 0 bridgehead atoms. The van der Waals surface area contributed by atoms with Gasteiger partial charge in [-0.1, -0.05) is 38.0 Å². The Morgan fingerprint density at radius 3 is 2.38 bits per heavy atom. The van der Waals surface area contributed by atoms with E-state index in [1.54, 1.807) is 18.2 Å². The quantitative estimate of drug-likeness (QED) is 0.578. The van der Waals surface area contributed by atoms with Crippen LogP contribution in [-0.2, 0) is 20.0 Å². The summed E-state index contributed by atoms with van der Waals surface area (Å²) in [6.45, 7) is 2.05. The number of hydrogen-bond acceptors (Lipinski definition) is 5. The predicted octanol–water partition coefficient (Wildman–Crippen LogP) is 1.21. The molecule has 0 amide bonds. The molecular formula is C16H28ClN3O4S2. The summed E-state index contributed by atoms with van der Waals surface area (Å²) in [6.07, 6.45) is 3.65. The molecule has 10 heteroatoms. The lowest BCUT2D eigenvalue weighted by molar-refractivity contribution is 0.191. The number of benzene rings is 1. The molecule has 1 fully saturated rings. The molecule has 1 aliphatic carbocycles. The van der Waals surface area contributed by atoms with E-state index in [0.29, 0.717) is 6.42 Å². The number of hydrogen-bond donors (Lipinski definition) is 3. The Hall–Kier alpha value is -0.710. The van der Waals surface area contributed by atoms with Crippen LogP contribution >= 0.6 is 12.4 Å². The normalized spacial score (nSPS) is 24.0. The molecule has 0 aliphatic heterocycles. The number of halogens is 1. The molecule has 0 spiro atoms. The first-order chi connectivity index (χ1) is 11.7. The monoisotopic (exact) mass is 425 g/mol. The highest BCUT2D eigenvalue weighted by Crippen LogP contribution is 2.33. The van der Waals surface area contributed by atoms with E-state index in [4.69, 9.17) is 5.73 Å². The molecule has 0 heterocycles. The van der Waals surface area contributed by atoms with Crippen LogP contribution in [0.5, 0.6) is 0 Å². The van der Waals surface area contributed by atoms with Crippen molar-refractivity contribution >= 4 is 32.5 Å². The van der Waals surface area contributed by atoms with Crippen LogP contribution < -0.4 is 15.2 Å². The van der Waals surface area contributed by atoms with Crippen LogP contribution in [0.25, 0.3) is 0 Å². The summed E-state index contributed by atoms with van der Waals surface area (Å²) in [4.78, 5) is 0.111. The van der Waals surface area contributed by atoms with Gasteiger partial charge in [-0.3, -0.25) is 0 Å². The Morgan fingerprint density at radius 2 is 1.81 bits per heavy atom. The zero-order chi connectivity index (χ0) is 18.6. The Bertz CT molecular complexity index is 772. The van der Waals surface area contributed by atoms with E-state index in [1.165, 1.54) is 12.1 Å². The van der Waals surface area contributed by atoms with Gasteiger partial charge in [-0.15, -0.1) is 12.4 Å².